The highest BCUT2D eigenvalue weighted by atomic mass is 16.6. The molecule has 0 radical (unpaired) electrons. The van der Waals surface area contributed by atoms with E-state index in [-0.39, 0.29) is 24.7 Å². The molecule has 7 heteroatoms. The van der Waals surface area contributed by atoms with Gasteiger partial charge >= 0.3 is 12.2 Å². The average molecular weight is 330 g/mol. The first-order chi connectivity index (χ1) is 11.6. The number of carbonyl (C=O) groups excluding carboxylic acids is 2. The minimum atomic E-state index is -0.694. The van der Waals surface area contributed by atoms with Gasteiger partial charge < -0.3 is 14.6 Å². The van der Waals surface area contributed by atoms with Gasteiger partial charge in [0.1, 0.15) is 12.4 Å². The fourth-order valence-corrected chi connectivity index (χ4v) is 1.87. The molecule has 0 atom stereocenters. The highest BCUT2D eigenvalue weighted by Gasteiger charge is 2.10. The van der Waals surface area contributed by atoms with Gasteiger partial charge in [0, 0.05) is 11.8 Å². The van der Waals surface area contributed by atoms with Crippen molar-refractivity contribution in [2.75, 3.05) is 17.2 Å². The van der Waals surface area contributed by atoms with Crippen LogP contribution in [-0.4, -0.2) is 23.9 Å². The number of phenols is 1. The van der Waals surface area contributed by atoms with Gasteiger partial charge in [0.2, 0.25) is 0 Å². The van der Waals surface area contributed by atoms with Crippen molar-refractivity contribution in [3.8, 4) is 5.75 Å². The van der Waals surface area contributed by atoms with E-state index in [0.717, 1.165) is 5.56 Å². The van der Waals surface area contributed by atoms with Gasteiger partial charge in [-0.15, -0.1) is 0 Å². The second-order valence-corrected chi connectivity index (χ2v) is 4.76. The predicted octanol–water partition coefficient (Wildman–Crippen LogP) is 3.71. The van der Waals surface area contributed by atoms with Crippen molar-refractivity contribution in [1.82, 2.24) is 0 Å². The third-order valence-corrected chi connectivity index (χ3v) is 2.97. The smallest absolute Gasteiger partial charge is 0.412 e. The lowest BCUT2D eigenvalue weighted by atomic mass is 10.2. The molecule has 0 aliphatic carbocycles. The van der Waals surface area contributed by atoms with E-state index in [0.29, 0.717) is 5.69 Å². The Balaban J connectivity index is 1.90. The first kappa shape index (κ1) is 17.1. The number of phenolic OH excluding ortho intramolecular Hbond substituents is 1. The van der Waals surface area contributed by atoms with Gasteiger partial charge in [-0.3, -0.25) is 10.6 Å². The van der Waals surface area contributed by atoms with Crippen LogP contribution in [0.25, 0.3) is 0 Å². The summed E-state index contributed by atoms with van der Waals surface area (Å²) >= 11 is 0. The van der Waals surface area contributed by atoms with Crippen LogP contribution in [0.5, 0.6) is 5.75 Å². The molecule has 0 aliphatic heterocycles. The van der Waals surface area contributed by atoms with Crippen molar-refractivity contribution in [2.45, 2.75) is 13.5 Å². The SMILES string of the molecule is CCOC(=O)Nc1ccc(NC(=O)OCc2ccccc2)c(O)c1. The molecular weight excluding hydrogens is 312 g/mol. The Bertz CT molecular complexity index is 703. The van der Waals surface area contributed by atoms with E-state index < -0.39 is 12.2 Å². The number of ether oxygens (including phenoxy) is 2. The van der Waals surface area contributed by atoms with Crippen LogP contribution in [0.1, 0.15) is 12.5 Å². The quantitative estimate of drug-likeness (QED) is 0.726. The number of benzene rings is 2. The molecule has 0 spiro atoms. The summed E-state index contributed by atoms with van der Waals surface area (Å²) in [5.41, 5.74) is 1.36. The first-order valence-corrected chi connectivity index (χ1v) is 7.33. The van der Waals surface area contributed by atoms with Gasteiger partial charge in [0.05, 0.1) is 12.3 Å². The monoisotopic (exact) mass is 330 g/mol. The van der Waals surface area contributed by atoms with Gasteiger partial charge in [-0.2, -0.15) is 0 Å². The van der Waals surface area contributed by atoms with Crippen molar-refractivity contribution in [3.63, 3.8) is 0 Å². The number of anilines is 2. The maximum absolute atomic E-state index is 11.8. The highest BCUT2D eigenvalue weighted by molar-refractivity contribution is 5.89. The molecule has 0 bridgehead atoms. The zero-order chi connectivity index (χ0) is 17.4. The second-order valence-electron chi connectivity index (χ2n) is 4.76. The topological polar surface area (TPSA) is 96.9 Å². The fraction of sp³-hybridized carbons (Fsp3) is 0.176. The number of nitrogens with one attached hydrogen (secondary N) is 2. The van der Waals surface area contributed by atoms with Crippen LogP contribution in [0.15, 0.2) is 48.5 Å². The summed E-state index contributed by atoms with van der Waals surface area (Å²) in [5, 5.41) is 14.8. The molecule has 2 rings (SSSR count). The molecule has 0 aliphatic rings. The van der Waals surface area contributed by atoms with Crippen LogP contribution in [0.2, 0.25) is 0 Å². The standard InChI is InChI=1S/C17H18N2O5/c1-2-23-16(21)18-13-8-9-14(15(20)10-13)19-17(22)24-11-12-6-4-3-5-7-12/h3-10,20H,2,11H2,1H3,(H,18,21)(H,19,22). The van der Waals surface area contributed by atoms with Crippen LogP contribution in [0.4, 0.5) is 21.0 Å². The maximum Gasteiger partial charge on any atom is 0.412 e. The van der Waals surface area contributed by atoms with E-state index in [1.165, 1.54) is 18.2 Å². The van der Waals surface area contributed by atoms with Crippen molar-refractivity contribution < 1.29 is 24.2 Å². The molecular formula is C17H18N2O5. The Hall–Kier alpha value is -3.22. The Labute approximate surface area is 139 Å². The Kier molecular flexibility index (Phi) is 6.01. The summed E-state index contributed by atoms with van der Waals surface area (Å²) in [4.78, 5) is 23.1. The minimum Gasteiger partial charge on any atom is -0.506 e. The zero-order valence-corrected chi connectivity index (χ0v) is 13.1. The number of carbonyl (C=O) groups is 2. The molecule has 24 heavy (non-hydrogen) atoms. The van der Waals surface area contributed by atoms with Crippen molar-refractivity contribution >= 4 is 23.6 Å². The summed E-state index contributed by atoms with van der Waals surface area (Å²) < 4.78 is 9.80. The third-order valence-electron chi connectivity index (χ3n) is 2.97. The lowest BCUT2D eigenvalue weighted by Gasteiger charge is -2.10. The molecule has 0 unspecified atom stereocenters. The average Bonchev–Trinajstić information content (AvgIpc) is 2.57. The molecule has 0 aromatic heterocycles. The molecule has 7 nitrogen and oxygen atoms in total. The summed E-state index contributed by atoms with van der Waals surface area (Å²) in [7, 11) is 0. The van der Waals surface area contributed by atoms with Crippen LogP contribution >= 0.6 is 0 Å². The first-order valence-electron chi connectivity index (χ1n) is 7.33. The highest BCUT2D eigenvalue weighted by Crippen LogP contribution is 2.27. The van der Waals surface area contributed by atoms with Gasteiger partial charge in [-0.25, -0.2) is 9.59 Å². The zero-order valence-electron chi connectivity index (χ0n) is 13.1. The number of hydrogen-bond donors (Lipinski definition) is 3. The van der Waals surface area contributed by atoms with Crippen molar-refractivity contribution in [2.24, 2.45) is 0 Å². The van der Waals surface area contributed by atoms with Crippen LogP contribution in [-0.2, 0) is 16.1 Å². The van der Waals surface area contributed by atoms with Gasteiger partial charge in [-0.1, -0.05) is 30.3 Å². The van der Waals surface area contributed by atoms with Crippen LogP contribution in [0, 0.1) is 0 Å². The molecule has 2 aromatic carbocycles. The Morgan fingerprint density at radius 3 is 2.38 bits per heavy atom. The van der Waals surface area contributed by atoms with E-state index in [4.69, 9.17) is 9.47 Å². The van der Waals surface area contributed by atoms with E-state index in [1.807, 2.05) is 30.3 Å². The van der Waals surface area contributed by atoms with E-state index in [9.17, 15) is 14.7 Å². The molecule has 0 fully saturated rings. The molecule has 126 valence electrons. The summed E-state index contributed by atoms with van der Waals surface area (Å²) in [5.74, 6) is -0.207. The maximum atomic E-state index is 11.8. The lowest BCUT2D eigenvalue weighted by Crippen LogP contribution is -2.15. The van der Waals surface area contributed by atoms with E-state index in [2.05, 4.69) is 10.6 Å². The molecule has 0 saturated carbocycles. The lowest BCUT2D eigenvalue weighted by molar-refractivity contribution is 0.155. The van der Waals surface area contributed by atoms with Gasteiger partial charge in [-0.05, 0) is 24.6 Å². The number of hydrogen-bond acceptors (Lipinski definition) is 5. The van der Waals surface area contributed by atoms with Crippen LogP contribution < -0.4 is 10.6 Å². The van der Waals surface area contributed by atoms with E-state index >= 15 is 0 Å². The predicted molar refractivity (Wildman–Crippen MR) is 89.0 cm³/mol. The number of amides is 2. The summed E-state index contributed by atoms with van der Waals surface area (Å²) in [6.07, 6.45) is -1.32. The normalized spacial score (nSPS) is 9.88. The minimum absolute atomic E-state index is 0.121. The molecule has 3 N–H and O–H groups in total. The Morgan fingerprint density at radius 2 is 1.71 bits per heavy atom. The van der Waals surface area contributed by atoms with Crippen molar-refractivity contribution in [1.29, 1.82) is 0 Å². The fourth-order valence-electron chi connectivity index (χ4n) is 1.87. The summed E-state index contributed by atoms with van der Waals surface area (Å²) in [6.45, 7) is 2.05. The third kappa shape index (κ3) is 5.20. The van der Waals surface area contributed by atoms with Crippen LogP contribution in [0.3, 0.4) is 0 Å². The summed E-state index contributed by atoms with van der Waals surface area (Å²) in [6, 6.07) is 13.5. The molecule has 2 aromatic rings. The number of rotatable bonds is 5. The molecule has 0 saturated heterocycles. The largest absolute Gasteiger partial charge is 0.506 e. The van der Waals surface area contributed by atoms with Gasteiger partial charge in [0.15, 0.2) is 0 Å². The van der Waals surface area contributed by atoms with Crippen molar-refractivity contribution in [3.05, 3.63) is 54.1 Å². The van der Waals surface area contributed by atoms with E-state index in [1.54, 1.807) is 6.92 Å². The molecule has 2 amide bonds. The van der Waals surface area contributed by atoms with Gasteiger partial charge in [0.25, 0.3) is 0 Å². The number of aromatic hydroxyl groups is 1. The second kappa shape index (κ2) is 8.42. The molecule has 0 heterocycles. The Morgan fingerprint density at radius 1 is 1.00 bits per heavy atom.